The smallest absolute Gasteiger partial charge is 0.137 e. The summed E-state index contributed by atoms with van der Waals surface area (Å²) in [5, 5.41) is 7.20. The van der Waals surface area contributed by atoms with Crippen molar-refractivity contribution in [2.24, 2.45) is 0 Å². The second-order valence-electron chi connectivity index (χ2n) is 14.9. The minimum Gasteiger partial charge on any atom is -0.456 e. The topological polar surface area (TPSA) is 23.0 Å². The average Bonchev–Trinajstić information content (AvgIpc) is 3.94. The van der Waals surface area contributed by atoms with Gasteiger partial charge in [0.15, 0.2) is 0 Å². The van der Waals surface area contributed by atoms with Crippen molar-refractivity contribution in [2.45, 2.75) is 0 Å². The molecule has 0 aliphatic heterocycles. The number of aromatic nitrogens is 2. The number of hydrogen-bond acceptors (Lipinski definition) is 1. The molecule has 0 amide bonds. The van der Waals surface area contributed by atoms with Gasteiger partial charge in [0.25, 0.3) is 0 Å². The molecule has 57 heavy (non-hydrogen) atoms. The van der Waals surface area contributed by atoms with Crippen molar-refractivity contribution in [2.75, 3.05) is 0 Å². The molecule has 0 saturated carbocycles. The van der Waals surface area contributed by atoms with E-state index in [-0.39, 0.29) is 0 Å². The van der Waals surface area contributed by atoms with Crippen molar-refractivity contribution in [3.8, 4) is 44.8 Å². The van der Waals surface area contributed by atoms with E-state index in [0.29, 0.717) is 0 Å². The van der Waals surface area contributed by atoms with Crippen LogP contribution in [0.2, 0.25) is 0 Å². The Hall–Kier alpha value is -7.62. The zero-order chi connectivity index (χ0) is 37.5. The summed E-state index contributed by atoms with van der Waals surface area (Å²) in [6, 6.07) is 74.5. The first-order valence-corrected chi connectivity index (χ1v) is 19.5. The molecule has 3 heteroatoms. The Morgan fingerprint density at radius 1 is 0.298 bits per heavy atom. The van der Waals surface area contributed by atoms with E-state index < -0.39 is 0 Å². The van der Waals surface area contributed by atoms with Gasteiger partial charge in [-0.15, -0.1) is 0 Å². The van der Waals surface area contributed by atoms with Crippen LogP contribution >= 0.6 is 0 Å². The van der Waals surface area contributed by atoms with E-state index in [9.17, 15) is 0 Å². The Kier molecular flexibility index (Phi) is 6.93. The SMILES string of the molecule is c1ccc(-c2ccccc2-n2c3ccc(-c4ccc5c(c4)c4ccccc4n5-c4ccc5c(c4)oc4ccccc45)cc3c3c(-c4ccccc4)cccc32)cc1. The summed E-state index contributed by atoms with van der Waals surface area (Å²) in [5.74, 6) is 0. The first kappa shape index (κ1) is 31.7. The Balaban J connectivity index is 1.08. The molecule has 0 fully saturated rings. The summed E-state index contributed by atoms with van der Waals surface area (Å²) >= 11 is 0. The van der Waals surface area contributed by atoms with Gasteiger partial charge < -0.3 is 13.6 Å². The number of fused-ring (bicyclic) bond motifs is 9. The largest absolute Gasteiger partial charge is 0.456 e. The number of rotatable bonds is 5. The highest BCUT2D eigenvalue weighted by atomic mass is 16.3. The van der Waals surface area contributed by atoms with Crippen LogP contribution in [-0.4, -0.2) is 9.13 Å². The van der Waals surface area contributed by atoms with Crippen LogP contribution in [0.3, 0.4) is 0 Å². The van der Waals surface area contributed by atoms with E-state index in [4.69, 9.17) is 4.42 Å². The van der Waals surface area contributed by atoms with Gasteiger partial charge in [-0.25, -0.2) is 0 Å². The molecule has 12 aromatic rings. The van der Waals surface area contributed by atoms with Crippen LogP contribution in [0.25, 0.3) is 110 Å². The maximum atomic E-state index is 6.34. The van der Waals surface area contributed by atoms with Crippen molar-refractivity contribution < 1.29 is 4.42 Å². The fraction of sp³-hybridized carbons (Fsp3) is 0. The highest BCUT2D eigenvalue weighted by molar-refractivity contribution is 6.17. The Morgan fingerprint density at radius 2 is 0.877 bits per heavy atom. The molecule has 3 nitrogen and oxygen atoms in total. The number of hydrogen-bond donors (Lipinski definition) is 0. The molecule has 0 spiro atoms. The number of benzene rings is 9. The van der Waals surface area contributed by atoms with Crippen molar-refractivity contribution >= 4 is 65.6 Å². The van der Waals surface area contributed by atoms with Gasteiger partial charge >= 0.3 is 0 Å². The lowest BCUT2D eigenvalue weighted by molar-refractivity contribution is 0.668. The van der Waals surface area contributed by atoms with E-state index in [1.165, 1.54) is 71.5 Å². The van der Waals surface area contributed by atoms with Crippen LogP contribution in [0.1, 0.15) is 0 Å². The van der Waals surface area contributed by atoms with Crippen LogP contribution < -0.4 is 0 Å². The van der Waals surface area contributed by atoms with Crippen molar-refractivity contribution in [3.05, 3.63) is 206 Å². The molecule has 12 rings (SSSR count). The Morgan fingerprint density at radius 3 is 1.68 bits per heavy atom. The van der Waals surface area contributed by atoms with E-state index in [1.807, 2.05) is 12.1 Å². The van der Waals surface area contributed by atoms with Crippen LogP contribution in [0.15, 0.2) is 211 Å². The molecule has 3 heterocycles. The van der Waals surface area contributed by atoms with Gasteiger partial charge in [-0.1, -0.05) is 140 Å². The van der Waals surface area contributed by atoms with Gasteiger partial charge in [-0.2, -0.15) is 0 Å². The van der Waals surface area contributed by atoms with Crippen molar-refractivity contribution in [3.63, 3.8) is 0 Å². The maximum Gasteiger partial charge on any atom is 0.137 e. The third kappa shape index (κ3) is 4.86. The number of para-hydroxylation sites is 3. The lowest BCUT2D eigenvalue weighted by atomic mass is 9.97. The molecule has 0 atom stereocenters. The fourth-order valence-electron chi connectivity index (χ4n) is 9.18. The molecule has 3 aromatic heterocycles. The Labute approximate surface area is 328 Å². The molecular formula is C54H34N2O. The van der Waals surface area contributed by atoms with E-state index in [2.05, 4.69) is 203 Å². The molecule has 266 valence electrons. The standard InChI is InChI=1S/C54H34N2O/c1-3-14-35(15-4-1)40-18-7-10-22-47(40)56-50-31-27-38(33-46(50)54-41(21-13-24-51(54)56)36-16-5-2-6-17-36)37-26-30-49-45(32-37)42-19-8-11-23-48(42)55(49)39-28-29-44-43-20-9-12-25-52(43)57-53(44)34-39/h1-34H. The summed E-state index contributed by atoms with van der Waals surface area (Å²) in [6.45, 7) is 0. The highest BCUT2D eigenvalue weighted by Gasteiger charge is 2.20. The molecule has 0 unspecified atom stereocenters. The number of nitrogens with zero attached hydrogens (tertiary/aromatic N) is 2. The minimum atomic E-state index is 0.894. The molecule has 0 aliphatic carbocycles. The lowest BCUT2D eigenvalue weighted by Gasteiger charge is -2.14. The Bertz CT molecular complexity index is 3510. The molecule has 0 radical (unpaired) electrons. The van der Waals surface area contributed by atoms with Crippen LogP contribution in [0, 0.1) is 0 Å². The normalized spacial score (nSPS) is 11.9. The lowest BCUT2D eigenvalue weighted by Crippen LogP contribution is -1.97. The van der Waals surface area contributed by atoms with E-state index in [1.54, 1.807) is 0 Å². The van der Waals surface area contributed by atoms with Gasteiger partial charge in [-0.3, -0.25) is 0 Å². The van der Waals surface area contributed by atoms with Crippen LogP contribution in [-0.2, 0) is 0 Å². The zero-order valence-corrected chi connectivity index (χ0v) is 30.9. The zero-order valence-electron chi connectivity index (χ0n) is 30.9. The molecule has 9 aromatic carbocycles. The van der Waals surface area contributed by atoms with Crippen LogP contribution in [0.5, 0.6) is 0 Å². The molecular weight excluding hydrogens is 693 g/mol. The predicted octanol–water partition coefficient (Wildman–Crippen LogP) is 14.8. The first-order valence-electron chi connectivity index (χ1n) is 19.5. The third-order valence-corrected chi connectivity index (χ3v) is 11.7. The van der Waals surface area contributed by atoms with Crippen molar-refractivity contribution in [1.29, 1.82) is 0 Å². The second kappa shape index (κ2) is 12.5. The average molecular weight is 727 g/mol. The predicted molar refractivity (Wildman–Crippen MR) is 239 cm³/mol. The van der Waals surface area contributed by atoms with Gasteiger partial charge in [0.2, 0.25) is 0 Å². The first-order chi connectivity index (χ1) is 28.3. The summed E-state index contributed by atoms with van der Waals surface area (Å²) < 4.78 is 11.2. The molecule has 0 N–H and O–H groups in total. The maximum absolute atomic E-state index is 6.34. The summed E-state index contributed by atoms with van der Waals surface area (Å²) in [7, 11) is 0. The van der Waals surface area contributed by atoms with Crippen molar-refractivity contribution in [1.82, 2.24) is 9.13 Å². The summed E-state index contributed by atoms with van der Waals surface area (Å²) in [6.07, 6.45) is 0. The van der Waals surface area contributed by atoms with Gasteiger partial charge in [0.1, 0.15) is 11.2 Å². The van der Waals surface area contributed by atoms with Gasteiger partial charge in [0, 0.05) is 49.6 Å². The second-order valence-corrected chi connectivity index (χ2v) is 14.9. The molecule has 0 saturated heterocycles. The number of furan rings is 1. The molecule has 0 aliphatic rings. The van der Waals surface area contributed by atoms with Gasteiger partial charge in [-0.05, 0) is 88.5 Å². The molecule has 0 bridgehead atoms. The monoisotopic (exact) mass is 726 g/mol. The van der Waals surface area contributed by atoms with Crippen LogP contribution in [0.4, 0.5) is 0 Å². The van der Waals surface area contributed by atoms with E-state index >= 15 is 0 Å². The minimum absolute atomic E-state index is 0.894. The summed E-state index contributed by atoms with van der Waals surface area (Å²) in [4.78, 5) is 0. The fourth-order valence-corrected chi connectivity index (χ4v) is 9.18. The summed E-state index contributed by atoms with van der Waals surface area (Å²) in [5.41, 5.74) is 16.0. The third-order valence-electron chi connectivity index (χ3n) is 11.7. The highest BCUT2D eigenvalue weighted by Crippen LogP contribution is 2.43. The van der Waals surface area contributed by atoms with Gasteiger partial charge in [0.05, 0.1) is 27.8 Å². The van der Waals surface area contributed by atoms with E-state index in [0.717, 1.165) is 38.8 Å². The quantitative estimate of drug-likeness (QED) is 0.173.